The van der Waals surface area contributed by atoms with Crippen molar-refractivity contribution in [2.24, 2.45) is 5.92 Å². The van der Waals surface area contributed by atoms with Gasteiger partial charge in [-0.15, -0.1) is 15.3 Å². The van der Waals surface area contributed by atoms with Crippen molar-refractivity contribution in [1.82, 2.24) is 25.1 Å². The Morgan fingerprint density at radius 2 is 2.09 bits per heavy atom. The summed E-state index contributed by atoms with van der Waals surface area (Å²) in [5, 5.41) is 16.9. The Kier molecular flexibility index (Phi) is 3.22. The van der Waals surface area contributed by atoms with Crippen molar-refractivity contribution in [3.05, 3.63) is 18.0 Å². The van der Waals surface area contributed by atoms with Crippen molar-refractivity contribution >= 4 is 11.5 Å². The number of anilines is 1. The third-order valence-electron chi connectivity index (χ3n) is 5.12. The Morgan fingerprint density at radius 1 is 1.17 bits per heavy atom. The molecular weight excluding hydrogens is 292 g/mol. The van der Waals surface area contributed by atoms with E-state index in [0.717, 1.165) is 56.6 Å². The van der Waals surface area contributed by atoms with Crippen molar-refractivity contribution in [1.29, 1.82) is 0 Å². The molecule has 122 valence electrons. The van der Waals surface area contributed by atoms with Gasteiger partial charge in [-0.2, -0.15) is 4.52 Å². The number of ether oxygens (including phenoxy) is 1. The van der Waals surface area contributed by atoms with E-state index < -0.39 is 0 Å². The normalized spacial score (nSPS) is 25.2. The smallest absolute Gasteiger partial charge is 0.178 e. The highest BCUT2D eigenvalue weighted by atomic mass is 16.5. The largest absolute Gasteiger partial charge is 0.380 e. The molecule has 2 aliphatic heterocycles. The van der Waals surface area contributed by atoms with Crippen LogP contribution < -0.4 is 10.2 Å². The monoisotopic (exact) mass is 314 g/mol. The molecule has 1 atom stereocenters. The Labute approximate surface area is 135 Å². The second-order valence-corrected chi connectivity index (χ2v) is 7.03. The first-order valence-electron chi connectivity index (χ1n) is 8.65. The standard InChI is InChI=1S/C16H22N6O/c1-2-12(1)16-19-18-14-3-4-15(20-22(14)16)21-8-11(9-21)7-17-13-5-6-23-10-13/h3-4,11-13,17H,1-2,5-10H2. The SMILES string of the molecule is c1cc2nnc(C3CC3)n2nc1N1CC(CNC2CCOC2)C1. The molecule has 0 aromatic carbocycles. The molecule has 1 saturated carbocycles. The number of aromatic nitrogens is 4. The van der Waals surface area contributed by atoms with Gasteiger partial charge in [0.1, 0.15) is 5.82 Å². The van der Waals surface area contributed by atoms with Gasteiger partial charge >= 0.3 is 0 Å². The van der Waals surface area contributed by atoms with E-state index in [-0.39, 0.29) is 0 Å². The minimum Gasteiger partial charge on any atom is -0.380 e. The molecule has 3 fully saturated rings. The van der Waals surface area contributed by atoms with Crippen molar-refractivity contribution in [2.75, 3.05) is 37.7 Å². The molecule has 7 nitrogen and oxygen atoms in total. The van der Waals surface area contributed by atoms with Crippen molar-refractivity contribution in [2.45, 2.75) is 31.2 Å². The van der Waals surface area contributed by atoms with E-state index in [2.05, 4.69) is 26.5 Å². The molecule has 0 amide bonds. The van der Waals surface area contributed by atoms with Crippen LogP contribution in [0.4, 0.5) is 5.82 Å². The van der Waals surface area contributed by atoms with E-state index in [4.69, 9.17) is 9.84 Å². The van der Waals surface area contributed by atoms with Gasteiger partial charge < -0.3 is 15.0 Å². The highest BCUT2D eigenvalue weighted by Crippen LogP contribution is 2.38. The maximum absolute atomic E-state index is 5.40. The van der Waals surface area contributed by atoms with Crippen LogP contribution in [0, 0.1) is 5.92 Å². The summed E-state index contributed by atoms with van der Waals surface area (Å²) in [7, 11) is 0. The van der Waals surface area contributed by atoms with Gasteiger partial charge in [0.2, 0.25) is 0 Å². The lowest BCUT2D eigenvalue weighted by Crippen LogP contribution is -2.52. The lowest BCUT2D eigenvalue weighted by molar-refractivity contribution is 0.188. The quantitative estimate of drug-likeness (QED) is 0.881. The molecule has 7 heteroatoms. The number of rotatable bonds is 5. The fourth-order valence-corrected chi connectivity index (χ4v) is 3.48. The minimum atomic E-state index is 0.552. The van der Waals surface area contributed by atoms with Gasteiger partial charge in [0.15, 0.2) is 11.5 Å². The van der Waals surface area contributed by atoms with Crippen LogP contribution in [0.3, 0.4) is 0 Å². The Morgan fingerprint density at radius 3 is 2.87 bits per heavy atom. The molecule has 1 unspecified atom stereocenters. The summed E-state index contributed by atoms with van der Waals surface area (Å²) in [4.78, 5) is 2.34. The molecule has 23 heavy (non-hydrogen) atoms. The van der Waals surface area contributed by atoms with E-state index in [9.17, 15) is 0 Å². The highest BCUT2D eigenvalue weighted by Gasteiger charge is 2.31. The number of hydrogen-bond donors (Lipinski definition) is 1. The molecule has 4 heterocycles. The van der Waals surface area contributed by atoms with Crippen molar-refractivity contribution < 1.29 is 4.74 Å². The van der Waals surface area contributed by atoms with Crippen molar-refractivity contribution in [3.8, 4) is 0 Å². The zero-order valence-electron chi connectivity index (χ0n) is 13.2. The molecule has 2 aromatic heterocycles. The maximum Gasteiger partial charge on any atom is 0.178 e. The van der Waals surface area contributed by atoms with Crippen LogP contribution in [0.15, 0.2) is 12.1 Å². The van der Waals surface area contributed by atoms with Crippen LogP contribution in [-0.4, -0.2) is 58.7 Å². The average molecular weight is 314 g/mol. The summed E-state index contributed by atoms with van der Waals surface area (Å²) in [6, 6.07) is 4.65. The molecule has 1 aliphatic carbocycles. The van der Waals surface area contributed by atoms with Gasteiger partial charge in [-0.1, -0.05) is 0 Å². The molecule has 0 spiro atoms. The highest BCUT2D eigenvalue weighted by molar-refractivity contribution is 5.47. The molecule has 1 N–H and O–H groups in total. The predicted molar refractivity (Wildman–Crippen MR) is 85.7 cm³/mol. The van der Waals surface area contributed by atoms with E-state index in [1.54, 1.807) is 0 Å². The fraction of sp³-hybridized carbons (Fsp3) is 0.688. The summed E-state index contributed by atoms with van der Waals surface area (Å²) in [6.45, 7) is 4.99. The van der Waals surface area contributed by atoms with Crippen LogP contribution in [0.25, 0.3) is 5.65 Å². The van der Waals surface area contributed by atoms with E-state index in [0.29, 0.717) is 17.9 Å². The lowest BCUT2D eigenvalue weighted by atomic mass is 10.00. The van der Waals surface area contributed by atoms with Crippen LogP contribution in [-0.2, 0) is 4.74 Å². The molecule has 5 rings (SSSR count). The van der Waals surface area contributed by atoms with E-state index in [1.807, 2.05) is 10.6 Å². The Hall–Kier alpha value is -1.73. The molecular formula is C16H22N6O. The van der Waals surface area contributed by atoms with Crippen LogP contribution in [0.2, 0.25) is 0 Å². The average Bonchev–Trinajstić information content (AvgIpc) is 3.08. The maximum atomic E-state index is 5.40. The van der Waals surface area contributed by atoms with E-state index in [1.165, 1.54) is 12.8 Å². The first-order valence-corrected chi connectivity index (χ1v) is 8.65. The van der Waals surface area contributed by atoms with Gasteiger partial charge in [-0.25, -0.2) is 0 Å². The summed E-state index contributed by atoms with van der Waals surface area (Å²) in [6.07, 6.45) is 3.58. The zero-order chi connectivity index (χ0) is 15.2. The third kappa shape index (κ3) is 2.57. The van der Waals surface area contributed by atoms with Gasteiger partial charge in [0.05, 0.1) is 6.61 Å². The predicted octanol–water partition coefficient (Wildman–Crippen LogP) is 0.816. The van der Waals surface area contributed by atoms with Gasteiger partial charge in [-0.3, -0.25) is 0 Å². The third-order valence-corrected chi connectivity index (χ3v) is 5.12. The second-order valence-electron chi connectivity index (χ2n) is 7.03. The van der Waals surface area contributed by atoms with Crippen LogP contribution in [0.1, 0.15) is 31.0 Å². The molecule has 0 radical (unpaired) electrons. The van der Waals surface area contributed by atoms with Gasteiger partial charge in [-0.05, 0) is 31.4 Å². The molecule has 2 saturated heterocycles. The fourth-order valence-electron chi connectivity index (χ4n) is 3.48. The number of nitrogens with zero attached hydrogens (tertiary/aromatic N) is 5. The molecule has 3 aliphatic rings. The first-order chi connectivity index (χ1) is 11.4. The number of hydrogen-bond acceptors (Lipinski definition) is 6. The summed E-state index contributed by atoms with van der Waals surface area (Å²) < 4.78 is 7.34. The Balaban J connectivity index is 1.22. The summed E-state index contributed by atoms with van der Waals surface area (Å²) in [5.41, 5.74) is 0.857. The Bertz CT molecular complexity index is 700. The van der Waals surface area contributed by atoms with Gasteiger partial charge in [0, 0.05) is 44.1 Å². The number of nitrogens with one attached hydrogen (secondary N) is 1. The molecule has 2 aromatic rings. The van der Waals surface area contributed by atoms with E-state index >= 15 is 0 Å². The topological polar surface area (TPSA) is 67.6 Å². The lowest BCUT2D eigenvalue weighted by Gasteiger charge is -2.40. The summed E-state index contributed by atoms with van der Waals surface area (Å²) in [5.74, 6) is 3.34. The van der Waals surface area contributed by atoms with Crippen LogP contribution in [0.5, 0.6) is 0 Å². The number of fused-ring (bicyclic) bond motifs is 1. The minimum absolute atomic E-state index is 0.552. The first kappa shape index (κ1) is 13.7. The molecule has 0 bridgehead atoms. The van der Waals surface area contributed by atoms with Gasteiger partial charge in [0.25, 0.3) is 0 Å². The second kappa shape index (κ2) is 5.42. The van der Waals surface area contributed by atoms with Crippen LogP contribution >= 0.6 is 0 Å². The summed E-state index contributed by atoms with van der Waals surface area (Å²) >= 11 is 0. The zero-order valence-corrected chi connectivity index (χ0v) is 13.2. The van der Waals surface area contributed by atoms with Crippen molar-refractivity contribution in [3.63, 3.8) is 0 Å².